The molecule has 0 saturated heterocycles. The number of carboxylic acid groups (broad SMARTS) is 1. The summed E-state index contributed by atoms with van der Waals surface area (Å²) in [7, 11) is 0. The van der Waals surface area contributed by atoms with Gasteiger partial charge in [-0.2, -0.15) is 0 Å². The number of hydrogen-bond donors (Lipinski definition) is 1. The van der Waals surface area contributed by atoms with E-state index in [9.17, 15) is 14.7 Å². The summed E-state index contributed by atoms with van der Waals surface area (Å²) in [5.41, 5.74) is 1.61. The molecule has 1 amide bonds. The number of carbonyl (C=O) groups excluding carboxylic acids is 1. The quantitative estimate of drug-likeness (QED) is 0.849. The van der Waals surface area contributed by atoms with Crippen molar-refractivity contribution in [1.82, 2.24) is 4.90 Å². The van der Waals surface area contributed by atoms with Crippen molar-refractivity contribution in [1.29, 1.82) is 0 Å². The molecule has 0 radical (unpaired) electrons. The molecule has 0 aliphatic rings. The molecular weight excluding hydrogens is 286 g/mol. The summed E-state index contributed by atoms with van der Waals surface area (Å²) in [6.07, 6.45) is 0.561. The molecule has 92 valence electrons. The second-order valence-electron chi connectivity index (χ2n) is 3.70. The highest BCUT2D eigenvalue weighted by Crippen LogP contribution is 2.28. The molecular formula is C12H14BrNO3. The standard InChI is InChI=1S/C12H14BrNO3/c1-3-14(7-15)11(12(16)17)9-5-4-8(2)6-10(9)13/h4-7,11H,3H2,1-2H3,(H,16,17). The van der Waals surface area contributed by atoms with Crippen LogP contribution in [0.25, 0.3) is 0 Å². The first-order valence-corrected chi connectivity index (χ1v) is 6.00. The summed E-state index contributed by atoms with van der Waals surface area (Å²) < 4.78 is 0.699. The first kappa shape index (κ1) is 13.7. The number of aliphatic carboxylic acids is 1. The molecule has 4 nitrogen and oxygen atoms in total. The highest BCUT2D eigenvalue weighted by atomic mass is 79.9. The number of likely N-dealkylation sites (N-methyl/N-ethyl adjacent to an activating group) is 1. The Morgan fingerprint density at radius 3 is 2.65 bits per heavy atom. The number of carboxylic acids is 1. The van der Waals surface area contributed by atoms with Gasteiger partial charge in [-0.3, -0.25) is 4.79 Å². The van der Waals surface area contributed by atoms with Gasteiger partial charge >= 0.3 is 5.97 Å². The number of halogens is 1. The maximum absolute atomic E-state index is 11.3. The van der Waals surface area contributed by atoms with Crippen molar-refractivity contribution < 1.29 is 14.7 Å². The number of hydrogen-bond acceptors (Lipinski definition) is 2. The predicted octanol–water partition coefficient (Wildman–Crippen LogP) is 2.36. The molecule has 0 bridgehead atoms. The molecule has 1 atom stereocenters. The molecule has 0 saturated carbocycles. The van der Waals surface area contributed by atoms with Gasteiger partial charge in [0.2, 0.25) is 6.41 Å². The Hall–Kier alpha value is -1.36. The fraction of sp³-hybridized carbons (Fsp3) is 0.333. The van der Waals surface area contributed by atoms with Crippen LogP contribution in [0.15, 0.2) is 22.7 Å². The monoisotopic (exact) mass is 299 g/mol. The molecule has 0 aliphatic carbocycles. The molecule has 1 rings (SSSR count). The van der Waals surface area contributed by atoms with Crippen molar-refractivity contribution in [2.45, 2.75) is 19.9 Å². The minimum absolute atomic E-state index is 0.348. The summed E-state index contributed by atoms with van der Waals surface area (Å²) in [6, 6.07) is 4.44. The number of amides is 1. The van der Waals surface area contributed by atoms with E-state index in [4.69, 9.17) is 0 Å². The van der Waals surface area contributed by atoms with Gasteiger partial charge in [0.25, 0.3) is 0 Å². The average molecular weight is 300 g/mol. The van der Waals surface area contributed by atoms with Gasteiger partial charge in [-0.05, 0) is 25.5 Å². The van der Waals surface area contributed by atoms with Crippen LogP contribution in [0, 0.1) is 6.92 Å². The third-order valence-corrected chi connectivity index (χ3v) is 3.20. The van der Waals surface area contributed by atoms with Crippen LogP contribution in [0.5, 0.6) is 0 Å². The van der Waals surface area contributed by atoms with Crippen LogP contribution in [-0.4, -0.2) is 28.9 Å². The van der Waals surface area contributed by atoms with E-state index in [0.717, 1.165) is 5.56 Å². The molecule has 1 N–H and O–H groups in total. The SMILES string of the molecule is CCN(C=O)C(C(=O)O)c1ccc(C)cc1Br. The lowest BCUT2D eigenvalue weighted by atomic mass is 10.0. The summed E-state index contributed by atoms with van der Waals surface area (Å²) in [6.45, 7) is 4.01. The van der Waals surface area contributed by atoms with Gasteiger partial charge < -0.3 is 10.0 Å². The molecule has 1 aromatic rings. The normalized spacial score (nSPS) is 11.9. The molecule has 5 heteroatoms. The van der Waals surface area contributed by atoms with Crippen LogP contribution in [0.4, 0.5) is 0 Å². The van der Waals surface area contributed by atoms with Crippen LogP contribution >= 0.6 is 15.9 Å². The van der Waals surface area contributed by atoms with E-state index in [1.165, 1.54) is 4.90 Å². The molecule has 1 aromatic carbocycles. The van der Waals surface area contributed by atoms with Gasteiger partial charge in [-0.1, -0.05) is 28.1 Å². The van der Waals surface area contributed by atoms with Gasteiger partial charge in [-0.15, -0.1) is 0 Å². The Morgan fingerprint density at radius 1 is 1.59 bits per heavy atom. The van der Waals surface area contributed by atoms with Crippen molar-refractivity contribution in [3.63, 3.8) is 0 Å². The average Bonchev–Trinajstić information content (AvgIpc) is 2.26. The Balaban J connectivity index is 3.22. The largest absolute Gasteiger partial charge is 0.479 e. The number of carbonyl (C=O) groups is 2. The Kier molecular flexibility index (Phi) is 4.69. The zero-order valence-electron chi connectivity index (χ0n) is 9.68. The molecule has 0 fully saturated rings. The third-order valence-electron chi connectivity index (χ3n) is 2.52. The smallest absolute Gasteiger partial charge is 0.331 e. The molecule has 0 spiro atoms. The van der Waals surface area contributed by atoms with E-state index in [1.54, 1.807) is 13.0 Å². The second kappa shape index (κ2) is 5.82. The molecule has 0 heterocycles. The molecule has 17 heavy (non-hydrogen) atoms. The van der Waals surface area contributed by atoms with E-state index < -0.39 is 12.0 Å². The first-order valence-electron chi connectivity index (χ1n) is 5.21. The highest BCUT2D eigenvalue weighted by Gasteiger charge is 2.27. The minimum atomic E-state index is -1.04. The summed E-state index contributed by atoms with van der Waals surface area (Å²) in [5.74, 6) is -1.04. The van der Waals surface area contributed by atoms with Crippen LogP contribution < -0.4 is 0 Å². The summed E-state index contributed by atoms with van der Waals surface area (Å²) in [5, 5.41) is 9.23. The van der Waals surface area contributed by atoms with Gasteiger partial charge in [0.15, 0.2) is 6.04 Å². The lowest BCUT2D eigenvalue weighted by molar-refractivity contribution is -0.146. The molecule has 1 unspecified atom stereocenters. The van der Waals surface area contributed by atoms with Gasteiger partial charge in [-0.25, -0.2) is 4.79 Å². The lowest BCUT2D eigenvalue weighted by Gasteiger charge is -2.24. The Morgan fingerprint density at radius 2 is 2.24 bits per heavy atom. The number of nitrogens with zero attached hydrogens (tertiary/aromatic N) is 1. The van der Waals surface area contributed by atoms with Crippen molar-refractivity contribution in [3.8, 4) is 0 Å². The number of benzene rings is 1. The minimum Gasteiger partial charge on any atom is -0.479 e. The first-order chi connectivity index (χ1) is 8.01. The second-order valence-corrected chi connectivity index (χ2v) is 4.56. The van der Waals surface area contributed by atoms with Crippen molar-refractivity contribution in [3.05, 3.63) is 33.8 Å². The van der Waals surface area contributed by atoms with E-state index in [1.807, 2.05) is 19.1 Å². The molecule has 0 aromatic heterocycles. The maximum atomic E-state index is 11.3. The van der Waals surface area contributed by atoms with Crippen molar-refractivity contribution >= 4 is 28.3 Å². The maximum Gasteiger partial charge on any atom is 0.331 e. The zero-order valence-corrected chi connectivity index (χ0v) is 11.3. The number of rotatable bonds is 5. The Bertz CT molecular complexity index is 434. The Labute approximate surface area is 108 Å². The topological polar surface area (TPSA) is 57.6 Å². The van der Waals surface area contributed by atoms with Gasteiger partial charge in [0.05, 0.1) is 0 Å². The lowest BCUT2D eigenvalue weighted by Crippen LogP contribution is -2.33. The molecule has 0 aliphatic heterocycles. The van der Waals surface area contributed by atoms with Gasteiger partial charge in [0.1, 0.15) is 0 Å². The number of aryl methyl sites for hydroxylation is 1. The predicted molar refractivity (Wildman–Crippen MR) is 67.7 cm³/mol. The van der Waals surface area contributed by atoms with Crippen molar-refractivity contribution in [2.24, 2.45) is 0 Å². The highest BCUT2D eigenvalue weighted by molar-refractivity contribution is 9.10. The van der Waals surface area contributed by atoms with E-state index in [2.05, 4.69) is 15.9 Å². The zero-order chi connectivity index (χ0) is 13.0. The van der Waals surface area contributed by atoms with E-state index in [0.29, 0.717) is 23.0 Å². The van der Waals surface area contributed by atoms with Crippen molar-refractivity contribution in [2.75, 3.05) is 6.54 Å². The van der Waals surface area contributed by atoms with Crippen LogP contribution in [0.1, 0.15) is 24.1 Å². The summed E-state index contributed by atoms with van der Waals surface area (Å²) in [4.78, 5) is 23.4. The fourth-order valence-corrected chi connectivity index (χ4v) is 2.34. The van der Waals surface area contributed by atoms with Crippen LogP contribution in [-0.2, 0) is 9.59 Å². The van der Waals surface area contributed by atoms with Crippen LogP contribution in [0.2, 0.25) is 0 Å². The third kappa shape index (κ3) is 3.06. The fourth-order valence-electron chi connectivity index (χ4n) is 1.63. The summed E-state index contributed by atoms with van der Waals surface area (Å²) >= 11 is 3.34. The van der Waals surface area contributed by atoms with Gasteiger partial charge in [0, 0.05) is 16.6 Å². The van der Waals surface area contributed by atoms with Crippen LogP contribution in [0.3, 0.4) is 0 Å². The van der Waals surface area contributed by atoms with E-state index in [-0.39, 0.29) is 0 Å². The van der Waals surface area contributed by atoms with E-state index >= 15 is 0 Å².